The number of ether oxygens (including phenoxy) is 1. The second-order valence-corrected chi connectivity index (χ2v) is 9.15. The number of esters is 1. The van der Waals surface area contributed by atoms with Crippen molar-refractivity contribution in [1.29, 1.82) is 0 Å². The van der Waals surface area contributed by atoms with Crippen LogP contribution in [-0.2, 0) is 32.7 Å². The number of hydrogen-bond donors (Lipinski definition) is 2. The van der Waals surface area contributed by atoms with Crippen LogP contribution in [-0.4, -0.2) is 42.4 Å². The fourth-order valence-corrected chi connectivity index (χ4v) is 5.72. The number of urea groups is 1. The van der Waals surface area contributed by atoms with Crippen molar-refractivity contribution in [1.82, 2.24) is 10.2 Å². The van der Waals surface area contributed by atoms with Crippen LogP contribution in [0, 0.1) is 5.82 Å². The lowest BCUT2D eigenvalue weighted by Gasteiger charge is -2.25. The third kappa shape index (κ3) is 3.99. The number of halogens is 1. The summed E-state index contributed by atoms with van der Waals surface area (Å²) in [6, 6.07) is 4.61. The fraction of sp³-hybridized carbons (Fsp3) is 0.391. The summed E-state index contributed by atoms with van der Waals surface area (Å²) in [5.41, 5.74) is 0.304. The standard InChI is InChI=1S/C23H24FN3O5S/c1-3-23(13-8-10-14(24)11-9-13)21(30)27(22(31)26-23)12-17(28)25-19-18(20(29)32-2)15-6-4-5-7-16(15)33-19/h8-11H,3-7,12H2,1-2H3,(H,25,28)(H,26,31). The van der Waals surface area contributed by atoms with Gasteiger partial charge in [0.1, 0.15) is 22.9 Å². The summed E-state index contributed by atoms with van der Waals surface area (Å²) >= 11 is 1.32. The van der Waals surface area contributed by atoms with Gasteiger partial charge in [0, 0.05) is 4.88 Å². The van der Waals surface area contributed by atoms with Crippen molar-refractivity contribution >= 4 is 40.2 Å². The molecule has 33 heavy (non-hydrogen) atoms. The molecule has 0 radical (unpaired) electrons. The van der Waals surface area contributed by atoms with Crippen molar-refractivity contribution in [3.63, 3.8) is 0 Å². The van der Waals surface area contributed by atoms with E-state index in [0.29, 0.717) is 16.1 Å². The van der Waals surface area contributed by atoms with E-state index in [1.807, 2.05) is 0 Å². The van der Waals surface area contributed by atoms with Gasteiger partial charge in [0.05, 0.1) is 12.7 Å². The minimum absolute atomic E-state index is 0.228. The van der Waals surface area contributed by atoms with Gasteiger partial charge in [0.15, 0.2) is 0 Å². The van der Waals surface area contributed by atoms with E-state index in [2.05, 4.69) is 10.6 Å². The number of amides is 4. The van der Waals surface area contributed by atoms with E-state index in [9.17, 15) is 23.6 Å². The largest absolute Gasteiger partial charge is 0.465 e. The van der Waals surface area contributed by atoms with Crippen LogP contribution in [0.3, 0.4) is 0 Å². The number of anilines is 1. The van der Waals surface area contributed by atoms with Crippen molar-refractivity contribution in [2.75, 3.05) is 19.0 Å². The van der Waals surface area contributed by atoms with Gasteiger partial charge in [-0.1, -0.05) is 19.1 Å². The molecule has 0 spiro atoms. The Hall–Kier alpha value is -3.27. The highest BCUT2D eigenvalue weighted by Crippen LogP contribution is 2.39. The highest BCUT2D eigenvalue weighted by Gasteiger charge is 2.51. The van der Waals surface area contributed by atoms with E-state index in [1.165, 1.54) is 42.7 Å². The Morgan fingerprint density at radius 1 is 1.21 bits per heavy atom. The molecule has 1 unspecified atom stereocenters. The summed E-state index contributed by atoms with van der Waals surface area (Å²) in [5, 5.41) is 5.73. The number of methoxy groups -OCH3 is 1. The molecular formula is C23H24FN3O5S. The Morgan fingerprint density at radius 3 is 2.58 bits per heavy atom. The molecule has 2 aromatic rings. The highest BCUT2D eigenvalue weighted by molar-refractivity contribution is 7.17. The molecule has 1 aromatic heterocycles. The maximum atomic E-state index is 13.4. The third-order valence-electron chi connectivity index (χ3n) is 6.16. The van der Waals surface area contributed by atoms with Crippen LogP contribution in [0.4, 0.5) is 14.2 Å². The first-order chi connectivity index (χ1) is 15.8. The van der Waals surface area contributed by atoms with E-state index in [1.54, 1.807) is 6.92 Å². The van der Waals surface area contributed by atoms with Crippen molar-refractivity contribution in [3.8, 4) is 0 Å². The number of carbonyl (C=O) groups is 4. The molecule has 8 nitrogen and oxygen atoms in total. The zero-order chi connectivity index (χ0) is 23.8. The van der Waals surface area contributed by atoms with Crippen LogP contribution < -0.4 is 10.6 Å². The zero-order valence-corrected chi connectivity index (χ0v) is 19.1. The van der Waals surface area contributed by atoms with Crippen molar-refractivity contribution in [2.45, 2.75) is 44.6 Å². The monoisotopic (exact) mass is 473 g/mol. The lowest BCUT2D eigenvalue weighted by atomic mass is 9.87. The van der Waals surface area contributed by atoms with Gasteiger partial charge in [-0.2, -0.15) is 0 Å². The maximum Gasteiger partial charge on any atom is 0.341 e. The number of imide groups is 1. The summed E-state index contributed by atoms with van der Waals surface area (Å²) < 4.78 is 18.3. The second-order valence-electron chi connectivity index (χ2n) is 8.04. The predicted molar refractivity (Wildman–Crippen MR) is 120 cm³/mol. The molecule has 2 aliphatic rings. The fourth-order valence-electron chi connectivity index (χ4n) is 4.43. The second kappa shape index (κ2) is 8.93. The van der Waals surface area contributed by atoms with E-state index in [0.717, 1.165) is 41.0 Å². The van der Waals surface area contributed by atoms with Gasteiger partial charge >= 0.3 is 12.0 Å². The SMILES string of the molecule is CCC1(c2ccc(F)cc2)NC(=O)N(CC(=O)Nc2sc3c(c2C(=O)OC)CCCC3)C1=O. The van der Waals surface area contributed by atoms with Crippen LogP contribution in [0.15, 0.2) is 24.3 Å². The molecular weight excluding hydrogens is 449 g/mol. The summed E-state index contributed by atoms with van der Waals surface area (Å²) in [4.78, 5) is 52.9. The molecule has 1 aliphatic heterocycles. The summed E-state index contributed by atoms with van der Waals surface area (Å²) in [7, 11) is 1.29. The first-order valence-corrected chi connectivity index (χ1v) is 11.5. The average Bonchev–Trinajstić information content (AvgIpc) is 3.29. The Kier molecular flexibility index (Phi) is 6.20. The van der Waals surface area contributed by atoms with Gasteiger partial charge in [-0.15, -0.1) is 11.3 Å². The Morgan fingerprint density at radius 2 is 1.91 bits per heavy atom. The molecule has 1 saturated heterocycles. The minimum atomic E-state index is -1.37. The number of fused-ring (bicyclic) bond motifs is 1. The normalized spacial score (nSPS) is 19.8. The lowest BCUT2D eigenvalue weighted by Crippen LogP contribution is -2.44. The molecule has 10 heteroatoms. The molecule has 0 bridgehead atoms. The van der Waals surface area contributed by atoms with Crippen molar-refractivity contribution in [3.05, 3.63) is 51.7 Å². The molecule has 4 amide bonds. The van der Waals surface area contributed by atoms with Crippen LogP contribution in [0.5, 0.6) is 0 Å². The first-order valence-electron chi connectivity index (χ1n) is 10.7. The smallest absolute Gasteiger partial charge is 0.341 e. The highest BCUT2D eigenvalue weighted by atomic mass is 32.1. The summed E-state index contributed by atoms with van der Waals surface area (Å²) in [6.07, 6.45) is 3.74. The van der Waals surface area contributed by atoms with Crippen LogP contribution in [0.2, 0.25) is 0 Å². The van der Waals surface area contributed by atoms with Gasteiger partial charge in [0.2, 0.25) is 5.91 Å². The molecule has 4 rings (SSSR count). The number of rotatable bonds is 6. The van der Waals surface area contributed by atoms with E-state index >= 15 is 0 Å². The zero-order valence-electron chi connectivity index (χ0n) is 18.3. The minimum Gasteiger partial charge on any atom is -0.465 e. The maximum absolute atomic E-state index is 13.4. The molecule has 1 fully saturated rings. The van der Waals surface area contributed by atoms with E-state index < -0.39 is 41.7 Å². The van der Waals surface area contributed by atoms with Crippen LogP contribution in [0.25, 0.3) is 0 Å². The molecule has 174 valence electrons. The Labute approximate surface area is 194 Å². The number of benzene rings is 1. The summed E-state index contributed by atoms with van der Waals surface area (Å²) in [5.74, 6) is -2.18. The quantitative estimate of drug-likeness (QED) is 0.495. The Bertz CT molecular complexity index is 1130. The number of carbonyl (C=O) groups excluding carboxylic acids is 4. The van der Waals surface area contributed by atoms with Gasteiger partial charge in [0.25, 0.3) is 5.91 Å². The summed E-state index contributed by atoms with van der Waals surface area (Å²) in [6.45, 7) is 1.21. The molecule has 0 saturated carbocycles. The number of nitrogens with one attached hydrogen (secondary N) is 2. The lowest BCUT2D eigenvalue weighted by molar-refractivity contribution is -0.134. The van der Waals surface area contributed by atoms with Gasteiger partial charge < -0.3 is 15.4 Å². The number of hydrogen-bond acceptors (Lipinski definition) is 6. The number of nitrogens with zero attached hydrogens (tertiary/aromatic N) is 1. The van der Waals surface area contributed by atoms with Crippen LogP contribution >= 0.6 is 11.3 Å². The predicted octanol–water partition coefficient (Wildman–Crippen LogP) is 3.35. The molecule has 1 aromatic carbocycles. The van der Waals surface area contributed by atoms with Gasteiger partial charge in [-0.25, -0.2) is 14.0 Å². The van der Waals surface area contributed by atoms with Gasteiger partial charge in [-0.05, 0) is 55.4 Å². The molecule has 2 N–H and O–H groups in total. The average molecular weight is 474 g/mol. The van der Waals surface area contributed by atoms with Crippen molar-refractivity contribution < 1.29 is 28.3 Å². The molecule has 2 heterocycles. The molecule has 1 atom stereocenters. The number of thiophene rings is 1. The van der Waals surface area contributed by atoms with E-state index in [-0.39, 0.29) is 6.42 Å². The molecule has 1 aliphatic carbocycles. The van der Waals surface area contributed by atoms with E-state index in [4.69, 9.17) is 4.74 Å². The van der Waals surface area contributed by atoms with Crippen LogP contribution in [0.1, 0.15) is 52.5 Å². The van der Waals surface area contributed by atoms with Crippen molar-refractivity contribution in [2.24, 2.45) is 0 Å². The Balaban J connectivity index is 1.55. The topological polar surface area (TPSA) is 105 Å². The first kappa shape index (κ1) is 22.9. The number of aryl methyl sites for hydroxylation is 1. The third-order valence-corrected chi connectivity index (χ3v) is 7.37. The van der Waals surface area contributed by atoms with Gasteiger partial charge in [-0.3, -0.25) is 14.5 Å².